The van der Waals surface area contributed by atoms with E-state index in [1.54, 1.807) is 32.9 Å². The van der Waals surface area contributed by atoms with Crippen LogP contribution in [0.2, 0.25) is 0 Å². The molecule has 1 aromatic rings. The molecule has 1 saturated heterocycles. The average molecular weight is 441 g/mol. The lowest BCUT2D eigenvalue weighted by Gasteiger charge is -2.34. The number of halogens is 1. The highest BCUT2D eigenvalue weighted by atomic mass is 32.2. The highest BCUT2D eigenvalue weighted by Crippen LogP contribution is 2.28. The zero-order chi connectivity index (χ0) is 21.9. The lowest BCUT2D eigenvalue weighted by atomic mass is 9.86. The fraction of sp³-hybridized carbons (Fsp3) is 0.727. The van der Waals surface area contributed by atoms with E-state index in [0.717, 1.165) is 69.8 Å². The molecule has 1 aliphatic heterocycles. The van der Waals surface area contributed by atoms with E-state index in [-0.39, 0.29) is 11.9 Å². The topological polar surface area (TPSA) is 64.7 Å². The van der Waals surface area contributed by atoms with Gasteiger partial charge in [-0.1, -0.05) is 0 Å². The summed E-state index contributed by atoms with van der Waals surface area (Å²) in [6.07, 6.45) is 3.62. The van der Waals surface area contributed by atoms with Crippen molar-refractivity contribution in [2.24, 2.45) is 5.92 Å². The van der Waals surface area contributed by atoms with Crippen molar-refractivity contribution in [3.05, 3.63) is 24.0 Å². The molecule has 30 heavy (non-hydrogen) atoms. The molecule has 0 amide bonds. The smallest absolute Gasteiger partial charge is 0.216 e. The van der Waals surface area contributed by atoms with Gasteiger partial charge in [-0.3, -0.25) is 0 Å². The van der Waals surface area contributed by atoms with Crippen molar-refractivity contribution in [3.63, 3.8) is 0 Å². The minimum Gasteiger partial charge on any atom is -0.385 e. The molecule has 8 heteroatoms. The van der Waals surface area contributed by atoms with Gasteiger partial charge in [-0.25, -0.2) is 17.5 Å². The monoisotopic (exact) mass is 440 g/mol. The molecule has 0 unspecified atom stereocenters. The van der Waals surface area contributed by atoms with E-state index < -0.39 is 14.8 Å². The summed E-state index contributed by atoms with van der Waals surface area (Å²) in [4.78, 5) is 4.52. The Morgan fingerprint density at radius 2 is 1.67 bits per heavy atom. The maximum absolute atomic E-state index is 14.2. The first-order chi connectivity index (χ1) is 14.0. The third-order valence-corrected chi connectivity index (χ3v) is 8.58. The average Bonchev–Trinajstić information content (AvgIpc) is 2.66. The van der Waals surface area contributed by atoms with Crippen molar-refractivity contribution in [2.45, 2.75) is 57.2 Å². The molecule has 0 aromatic heterocycles. The van der Waals surface area contributed by atoms with E-state index in [1.807, 2.05) is 6.07 Å². The third-order valence-electron chi connectivity index (χ3n) is 6.32. The van der Waals surface area contributed by atoms with Gasteiger partial charge in [0.2, 0.25) is 10.0 Å². The third kappa shape index (κ3) is 6.08. The molecular formula is C22H37FN4O2S. The van der Waals surface area contributed by atoms with E-state index in [4.69, 9.17) is 0 Å². The molecule has 0 atom stereocenters. The molecule has 1 aliphatic carbocycles. The van der Waals surface area contributed by atoms with Crippen molar-refractivity contribution in [2.75, 3.05) is 50.0 Å². The molecule has 1 aromatic carbocycles. The lowest BCUT2D eigenvalue weighted by molar-refractivity contribution is 0.312. The Labute approximate surface area is 181 Å². The van der Waals surface area contributed by atoms with Crippen molar-refractivity contribution < 1.29 is 12.8 Å². The number of likely N-dealkylation sites (N-methyl/N-ethyl adjacent to an activating group) is 1. The summed E-state index contributed by atoms with van der Waals surface area (Å²) in [5.74, 6) is 0.255. The molecule has 2 aliphatic rings. The van der Waals surface area contributed by atoms with Gasteiger partial charge in [-0.15, -0.1) is 0 Å². The number of nitrogens with zero attached hydrogens (tertiary/aromatic N) is 2. The molecular weight excluding hydrogens is 403 g/mol. The predicted molar refractivity (Wildman–Crippen MR) is 122 cm³/mol. The highest BCUT2D eigenvalue weighted by molar-refractivity contribution is 7.90. The van der Waals surface area contributed by atoms with Crippen LogP contribution in [0, 0.1) is 11.7 Å². The summed E-state index contributed by atoms with van der Waals surface area (Å²) in [7, 11) is -1.20. The van der Waals surface area contributed by atoms with Crippen molar-refractivity contribution in [1.29, 1.82) is 0 Å². The number of benzene rings is 1. The zero-order valence-electron chi connectivity index (χ0n) is 18.7. The molecule has 1 heterocycles. The van der Waals surface area contributed by atoms with Gasteiger partial charge >= 0.3 is 0 Å². The van der Waals surface area contributed by atoms with Crippen LogP contribution in [-0.4, -0.2) is 63.9 Å². The maximum atomic E-state index is 14.2. The molecule has 6 nitrogen and oxygen atoms in total. The van der Waals surface area contributed by atoms with Gasteiger partial charge in [-0.05, 0) is 77.6 Å². The number of hydrogen-bond acceptors (Lipinski definition) is 5. The number of rotatable bonds is 6. The second-order valence-corrected chi connectivity index (χ2v) is 12.3. The van der Waals surface area contributed by atoms with Crippen LogP contribution in [0.25, 0.3) is 0 Å². The first kappa shape index (κ1) is 23.3. The fourth-order valence-corrected chi connectivity index (χ4v) is 5.09. The van der Waals surface area contributed by atoms with Gasteiger partial charge in [0.1, 0.15) is 5.82 Å². The van der Waals surface area contributed by atoms with Crippen LogP contribution in [-0.2, 0) is 10.0 Å². The summed E-state index contributed by atoms with van der Waals surface area (Å²) in [5, 5.41) is 3.42. The molecule has 2 fully saturated rings. The second-order valence-electron chi connectivity index (χ2n) is 9.82. The number of nitrogens with one attached hydrogen (secondary N) is 2. The van der Waals surface area contributed by atoms with Crippen LogP contribution in [0.4, 0.5) is 15.8 Å². The van der Waals surface area contributed by atoms with Crippen LogP contribution in [0.5, 0.6) is 0 Å². The quantitative estimate of drug-likeness (QED) is 0.711. The maximum Gasteiger partial charge on any atom is 0.216 e. The zero-order valence-corrected chi connectivity index (χ0v) is 19.6. The Kier molecular flexibility index (Phi) is 7.30. The van der Waals surface area contributed by atoms with Gasteiger partial charge in [0.05, 0.1) is 4.75 Å². The Morgan fingerprint density at radius 1 is 1.03 bits per heavy atom. The van der Waals surface area contributed by atoms with Crippen LogP contribution in [0.15, 0.2) is 18.2 Å². The normalized spacial score (nSPS) is 24.1. The summed E-state index contributed by atoms with van der Waals surface area (Å²) in [6, 6.07) is 5.23. The molecule has 0 bridgehead atoms. The van der Waals surface area contributed by atoms with Crippen LogP contribution >= 0.6 is 0 Å². The van der Waals surface area contributed by atoms with Crippen LogP contribution in [0.1, 0.15) is 46.5 Å². The van der Waals surface area contributed by atoms with Crippen LogP contribution < -0.4 is 14.9 Å². The predicted octanol–water partition coefficient (Wildman–Crippen LogP) is 3.27. The molecule has 0 radical (unpaired) electrons. The SMILES string of the molecule is CN1CCN(c2cc(F)cc(NC[C@H]3CC[C@H](NS(=O)(=O)C(C)(C)C)CC3)c2)CC1. The van der Waals surface area contributed by atoms with Crippen molar-refractivity contribution in [1.82, 2.24) is 9.62 Å². The first-order valence-electron chi connectivity index (χ1n) is 11.0. The number of hydrogen-bond donors (Lipinski definition) is 2. The molecule has 2 N–H and O–H groups in total. The summed E-state index contributed by atoms with van der Waals surface area (Å²) < 4.78 is 41.0. The van der Waals surface area contributed by atoms with Gasteiger partial charge in [0, 0.05) is 50.1 Å². The number of sulfonamides is 1. The Hall–Kier alpha value is -1.38. The van der Waals surface area contributed by atoms with Gasteiger partial charge < -0.3 is 15.1 Å². The largest absolute Gasteiger partial charge is 0.385 e. The standard InChI is InChI=1S/C22H37FN4O2S/c1-22(2,3)30(28,29)25-19-7-5-17(6-8-19)16-24-20-13-18(23)14-21(15-20)27-11-9-26(4)10-12-27/h13-15,17,19,24-25H,5-12,16H2,1-4H3/t17-,19-. The highest BCUT2D eigenvalue weighted by Gasteiger charge is 2.32. The Balaban J connectivity index is 1.50. The second kappa shape index (κ2) is 9.40. The fourth-order valence-electron chi connectivity index (χ4n) is 4.07. The minimum atomic E-state index is -3.31. The Bertz CT molecular complexity index is 809. The van der Waals surface area contributed by atoms with Crippen molar-refractivity contribution >= 4 is 21.4 Å². The number of piperazine rings is 1. The van der Waals surface area contributed by atoms with E-state index in [1.165, 1.54) is 0 Å². The molecule has 0 spiro atoms. The van der Waals surface area contributed by atoms with Gasteiger partial charge in [0.15, 0.2) is 0 Å². The van der Waals surface area contributed by atoms with Crippen LogP contribution in [0.3, 0.4) is 0 Å². The Morgan fingerprint density at radius 3 is 2.27 bits per heavy atom. The molecule has 1 saturated carbocycles. The van der Waals surface area contributed by atoms with E-state index in [9.17, 15) is 12.8 Å². The molecule has 170 valence electrons. The number of anilines is 2. The van der Waals surface area contributed by atoms with Crippen molar-refractivity contribution in [3.8, 4) is 0 Å². The van der Waals surface area contributed by atoms with E-state index >= 15 is 0 Å². The van der Waals surface area contributed by atoms with E-state index in [2.05, 4.69) is 26.9 Å². The summed E-state index contributed by atoms with van der Waals surface area (Å²) >= 11 is 0. The first-order valence-corrected chi connectivity index (χ1v) is 12.5. The molecule has 3 rings (SSSR count). The summed E-state index contributed by atoms with van der Waals surface area (Å²) in [6.45, 7) is 9.75. The van der Waals surface area contributed by atoms with Gasteiger partial charge in [0.25, 0.3) is 0 Å². The lowest BCUT2D eigenvalue weighted by Crippen LogP contribution is -2.46. The van der Waals surface area contributed by atoms with Gasteiger partial charge in [-0.2, -0.15) is 0 Å². The van der Waals surface area contributed by atoms with E-state index in [0.29, 0.717) is 5.92 Å². The minimum absolute atomic E-state index is 0.0171. The summed E-state index contributed by atoms with van der Waals surface area (Å²) in [5.41, 5.74) is 1.75.